The van der Waals surface area contributed by atoms with E-state index in [2.05, 4.69) is 68.7 Å². The molecule has 2 aromatic carbocycles. The van der Waals surface area contributed by atoms with Gasteiger partial charge in [-0.25, -0.2) is 8.42 Å². The van der Waals surface area contributed by atoms with Crippen molar-refractivity contribution in [1.82, 2.24) is 14.9 Å². The van der Waals surface area contributed by atoms with Crippen LogP contribution in [0, 0.1) is 13.8 Å². The Morgan fingerprint density at radius 2 is 1.79 bits per heavy atom. The lowest BCUT2D eigenvalue weighted by molar-refractivity contribution is 0.417. The van der Waals surface area contributed by atoms with Gasteiger partial charge in [0.25, 0.3) is 0 Å². The molecule has 2 atom stereocenters. The summed E-state index contributed by atoms with van der Waals surface area (Å²) in [5.41, 5.74) is 6.66. The molecule has 202 valence electrons. The van der Waals surface area contributed by atoms with Crippen LogP contribution in [0.25, 0.3) is 0 Å². The average Bonchev–Trinajstić information content (AvgIpc) is 3.40. The van der Waals surface area contributed by atoms with Gasteiger partial charge in [-0.05, 0) is 67.5 Å². The molecule has 5 rings (SSSR count). The van der Waals surface area contributed by atoms with Gasteiger partial charge in [-0.1, -0.05) is 36.4 Å². The Labute approximate surface area is 234 Å². The standard InChI is InChI=1S/C29H31N5O3S2/c1-19-16-23(20(2)33(19)18-21-10-6-5-7-11-21)28-27(25-12-8-9-15-30-25)31-29(38)34(28)22-13-14-24(26(17-22)37-3)32-39(4,35)36/h5-17,27-28,32H,18H2,1-4H3,(H,31,38)/t27-,28-/m1/s1. The molecule has 0 bridgehead atoms. The predicted octanol–water partition coefficient (Wildman–Crippen LogP) is 5.11. The Morgan fingerprint density at radius 1 is 1.05 bits per heavy atom. The number of pyridine rings is 1. The molecule has 0 unspecified atom stereocenters. The van der Waals surface area contributed by atoms with E-state index in [1.54, 1.807) is 18.3 Å². The van der Waals surface area contributed by atoms with Gasteiger partial charge in [0.05, 0.1) is 36.8 Å². The monoisotopic (exact) mass is 561 g/mol. The Bertz CT molecular complexity index is 1600. The minimum absolute atomic E-state index is 0.204. The number of thiocarbonyl (C=S) groups is 1. The van der Waals surface area contributed by atoms with Crippen molar-refractivity contribution in [2.24, 2.45) is 0 Å². The lowest BCUT2D eigenvalue weighted by Gasteiger charge is -2.29. The van der Waals surface area contributed by atoms with Gasteiger partial charge >= 0.3 is 0 Å². The molecule has 2 aromatic heterocycles. The quantitative estimate of drug-likeness (QED) is 0.289. The van der Waals surface area contributed by atoms with Crippen molar-refractivity contribution in [3.05, 3.63) is 107 Å². The molecule has 0 spiro atoms. The molecule has 1 aliphatic rings. The maximum atomic E-state index is 11.9. The second-order valence-corrected chi connectivity index (χ2v) is 11.8. The third kappa shape index (κ3) is 5.48. The van der Waals surface area contributed by atoms with E-state index in [4.69, 9.17) is 17.0 Å². The zero-order valence-electron chi connectivity index (χ0n) is 22.3. The van der Waals surface area contributed by atoms with Crippen LogP contribution in [0.1, 0.15) is 40.3 Å². The van der Waals surface area contributed by atoms with Crippen LogP contribution in [0.4, 0.5) is 11.4 Å². The molecule has 0 saturated carbocycles. The fourth-order valence-corrected chi connectivity index (χ4v) is 6.11. The topological polar surface area (TPSA) is 88.5 Å². The van der Waals surface area contributed by atoms with Crippen LogP contribution in [-0.4, -0.2) is 36.4 Å². The minimum Gasteiger partial charge on any atom is -0.494 e. The summed E-state index contributed by atoms with van der Waals surface area (Å²) in [6.45, 7) is 5.02. The van der Waals surface area contributed by atoms with Crippen molar-refractivity contribution < 1.29 is 13.2 Å². The van der Waals surface area contributed by atoms with Gasteiger partial charge in [0, 0.05) is 35.9 Å². The third-order valence-corrected chi connectivity index (χ3v) is 7.88. The van der Waals surface area contributed by atoms with Crippen LogP contribution in [0.5, 0.6) is 5.75 Å². The third-order valence-electron chi connectivity index (χ3n) is 6.97. The van der Waals surface area contributed by atoms with Crippen molar-refractivity contribution in [3.63, 3.8) is 0 Å². The van der Waals surface area contributed by atoms with Gasteiger partial charge < -0.3 is 19.5 Å². The summed E-state index contributed by atoms with van der Waals surface area (Å²) in [6, 6.07) is 23.4. The number of nitrogens with zero attached hydrogens (tertiary/aromatic N) is 3. The molecule has 0 amide bonds. The van der Waals surface area contributed by atoms with Gasteiger partial charge in [-0.3, -0.25) is 9.71 Å². The van der Waals surface area contributed by atoms with E-state index in [1.807, 2.05) is 30.3 Å². The van der Waals surface area contributed by atoms with E-state index in [9.17, 15) is 8.42 Å². The zero-order valence-corrected chi connectivity index (χ0v) is 23.9. The van der Waals surface area contributed by atoms with E-state index in [-0.39, 0.29) is 12.1 Å². The Kier molecular flexibility index (Phi) is 7.33. The van der Waals surface area contributed by atoms with Gasteiger partial charge in [0.15, 0.2) is 5.11 Å². The van der Waals surface area contributed by atoms with Crippen molar-refractivity contribution in [2.75, 3.05) is 23.0 Å². The molecule has 10 heteroatoms. The summed E-state index contributed by atoms with van der Waals surface area (Å²) in [4.78, 5) is 6.72. The highest BCUT2D eigenvalue weighted by Gasteiger charge is 2.42. The highest BCUT2D eigenvalue weighted by atomic mass is 32.2. The molecule has 2 N–H and O–H groups in total. The van der Waals surface area contributed by atoms with Crippen molar-refractivity contribution in [1.29, 1.82) is 0 Å². The number of benzene rings is 2. The van der Waals surface area contributed by atoms with E-state index < -0.39 is 10.0 Å². The molecule has 3 heterocycles. The minimum atomic E-state index is -3.48. The first-order valence-electron chi connectivity index (χ1n) is 12.5. The lowest BCUT2D eigenvalue weighted by Crippen LogP contribution is -2.29. The number of methoxy groups -OCH3 is 1. The number of hydrogen-bond donors (Lipinski definition) is 2. The Hall–Kier alpha value is -3.89. The molecule has 1 aliphatic heterocycles. The number of aryl methyl sites for hydroxylation is 1. The smallest absolute Gasteiger partial charge is 0.229 e. The molecule has 1 fully saturated rings. The normalized spacial score (nSPS) is 17.2. The molecule has 39 heavy (non-hydrogen) atoms. The largest absolute Gasteiger partial charge is 0.494 e. The number of ether oxygens (including phenoxy) is 1. The predicted molar refractivity (Wildman–Crippen MR) is 159 cm³/mol. The summed E-state index contributed by atoms with van der Waals surface area (Å²) >= 11 is 5.89. The molecule has 4 aromatic rings. The number of anilines is 2. The molecular weight excluding hydrogens is 530 g/mol. The fourth-order valence-electron chi connectivity index (χ4n) is 5.20. The van der Waals surface area contributed by atoms with Crippen LogP contribution >= 0.6 is 12.2 Å². The van der Waals surface area contributed by atoms with E-state index in [1.165, 1.54) is 12.7 Å². The van der Waals surface area contributed by atoms with Crippen molar-refractivity contribution in [3.8, 4) is 5.75 Å². The molecule has 0 radical (unpaired) electrons. The summed E-state index contributed by atoms with van der Waals surface area (Å²) in [5.74, 6) is 0.398. The van der Waals surface area contributed by atoms with Gasteiger partial charge in [0.1, 0.15) is 5.75 Å². The second kappa shape index (κ2) is 10.7. The molecule has 8 nitrogen and oxygen atoms in total. The average molecular weight is 562 g/mol. The van der Waals surface area contributed by atoms with Gasteiger partial charge in [0.2, 0.25) is 10.0 Å². The molecule has 1 saturated heterocycles. The zero-order chi connectivity index (χ0) is 27.7. The summed E-state index contributed by atoms with van der Waals surface area (Å²) in [6.07, 6.45) is 2.89. The number of hydrogen-bond acceptors (Lipinski definition) is 5. The van der Waals surface area contributed by atoms with Gasteiger partial charge in [-0.2, -0.15) is 0 Å². The van der Waals surface area contributed by atoms with Crippen LogP contribution in [0.3, 0.4) is 0 Å². The van der Waals surface area contributed by atoms with Crippen LogP contribution in [-0.2, 0) is 16.6 Å². The van der Waals surface area contributed by atoms with Crippen LogP contribution < -0.4 is 19.7 Å². The first kappa shape index (κ1) is 26.7. The molecule has 0 aliphatic carbocycles. The van der Waals surface area contributed by atoms with Gasteiger partial charge in [-0.15, -0.1) is 0 Å². The first-order valence-corrected chi connectivity index (χ1v) is 14.8. The Balaban J connectivity index is 1.62. The maximum absolute atomic E-state index is 11.9. The second-order valence-electron chi connectivity index (χ2n) is 9.65. The van der Waals surface area contributed by atoms with Crippen LogP contribution in [0.15, 0.2) is 79.0 Å². The van der Waals surface area contributed by atoms with Crippen LogP contribution in [0.2, 0.25) is 0 Å². The van der Waals surface area contributed by atoms with Crippen molar-refractivity contribution >= 4 is 38.7 Å². The number of aromatic nitrogens is 2. The summed E-state index contributed by atoms with van der Waals surface area (Å²) < 4.78 is 34.2. The lowest BCUT2D eigenvalue weighted by atomic mass is 9.96. The summed E-state index contributed by atoms with van der Waals surface area (Å²) in [5, 5.41) is 4.05. The number of nitrogens with one attached hydrogen (secondary N) is 2. The summed E-state index contributed by atoms with van der Waals surface area (Å²) in [7, 11) is -1.96. The highest BCUT2D eigenvalue weighted by molar-refractivity contribution is 7.92. The fraction of sp³-hybridized carbons (Fsp3) is 0.241. The number of rotatable bonds is 8. The van der Waals surface area contributed by atoms with Crippen molar-refractivity contribution in [2.45, 2.75) is 32.5 Å². The first-order chi connectivity index (χ1) is 18.7. The Morgan fingerprint density at radius 3 is 2.46 bits per heavy atom. The number of sulfonamides is 1. The maximum Gasteiger partial charge on any atom is 0.229 e. The van der Waals surface area contributed by atoms with E-state index in [0.29, 0.717) is 16.5 Å². The SMILES string of the molecule is COc1cc(N2C(=S)N[C@H](c3ccccn3)[C@H]2c2cc(C)n(Cc3ccccc3)c2C)ccc1NS(C)(=O)=O. The highest BCUT2D eigenvalue weighted by Crippen LogP contribution is 2.44. The van der Waals surface area contributed by atoms with E-state index in [0.717, 1.165) is 41.1 Å². The van der Waals surface area contributed by atoms with E-state index >= 15 is 0 Å². The molecular formula is C29H31N5O3S2.